The number of aryl methyl sites for hydroxylation is 1. The molecule has 2 rings (SSSR count). The first-order chi connectivity index (χ1) is 11.2. The van der Waals surface area contributed by atoms with Crippen molar-refractivity contribution in [2.45, 2.75) is 50.0 Å². The fourth-order valence-electron chi connectivity index (χ4n) is 3.09. The van der Waals surface area contributed by atoms with Crippen molar-refractivity contribution < 1.29 is 16.8 Å². The molecule has 1 aromatic rings. The topological polar surface area (TPSA) is 83.6 Å². The van der Waals surface area contributed by atoms with Crippen molar-refractivity contribution in [3.05, 3.63) is 29.8 Å². The maximum absolute atomic E-state index is 12.3. The molecule has 6 nitrogen and oxygen atoms in total. The van der Waals surface area contributed by atoms with E-state index in [1.165, 1.54) is 10.6 Å². The highest BCUT2D eigenvalue weighted by molar-refractivity contribution is 7.89. The molecule has 1 aliphatic carbocycles. The smallest absolute Gasteiger partial charge is 0.212 e. The quantitative estimate of drug-likeness (QED) is 0.751. The Bertz CT molecular complexity index is 737. The van der Waals surface area contributed by atoms with E-state index in [0.29, 0.717) is 0 Å². The van der Waals surface area contributed by atoms with Crippen LogP contribution >= 0.6 is 0 Å². The summed E-state index contributed by atoms with van der Waals surface area (Å²) in [6.07, 6.45) is 5.76. The van der Waals surface area contributed by atoms with Crippen LogP contribution in [0.1, 0.15) is 38.2 Å². The van der Waals surface area contributed by atoms with Gasteiger partial charge in [-0.15, -0.1) is 0 Å². The summed E-state index contributed by atoms with van der Waals surface area (Å²) in [6, 6.07) is 6.72. The minimum absolute atomic E-state index is 0.00617. The number of benzene rings is 1. The summed E-state index contributed by atoms with van der Waals surface area (Å²) >= 11 is 0. The third-order valence-corrected chi connectivity index (χ3v) is 7.23. The molecule has 0 atom stereocenters. The van der Waals surface area contributed by atoms with E-state index in [0.717, 1.165) is 37.7 Å². The van der Waals surface area contributed by atoms with E-state index in [9.17, 15) is 16.8 Å². The van der Waals surface area contributed by atoms with Gasteiger partial charge in [-0.2, -0.15) is 4.31 Å². The molecule has 0 amide bonds. The second kappa shape index (κ2) is 7.95. The summed E-state index contributed by atoms with van der Waals surface area (Å²) in [6.45, 7) is 2.24. The Kier molecular flexibility index (Phi) is 6.41. The van der Waals surface area contributed by atoms with Gasteiger partial charge < -0.3 is 0 Å². The molecule has 24 heavy (non-hydrogen) atoms. The fourth-order valence-corrected chi connectivity index (χ4v) is 5.29. The van der Waals surface area contributed by atoms with E-state index < -0.39 is 20.0 Å². The molecule has 8 heteroatoms. The van der Waals surface area contributed by atoms with Crippen LogP contribution in [0.15, 0.2) is 29.2 Å². The SMILES string of the molecule is CCc1ccc(S(=O)(=O)NCCN(C2CCCC2)S(C)(=O)=O)cc1. The largest absolute Gasteiger partial charge is 0.240 e. The van der Waals surface area contributed by atoms with Gasteiger partial charge in [-0.25, -0.2) is 21.6 Å². The minimum Gasteiger partial charge on any atom is -0.212 e. The van der Waals surface area contributed by atoms with Crippen molar-refractivity contribution in [3.8, 4) is 0 Å². The highest BCUT2D eigenvalue weighted by Crippen LogP contribution is 2.25. The molecular formula is C16H26N2O4S2. The molecule has 1 aromatic carbocycles. The second-order valence-electron chi connectivity index (χ2n) is 6.21. The van der Waals surface area contributed by atoms with Crippen LogP contribution in [-0.2, 0) is 26.5 Å². The summed E-state index contributed by atoms with van der Waals surface area (Å²) in [7, 11) is -6.96. The molecule has 0 radical (unpaired) electrons. The summed E-state index contributed by atoms with van der Waals surface area (Å²) in [5.74, 6) is 0. The van der Waals surface area contributed by atoms with Crippen molar-refractivity contribution in [2.75, 3.05) is 19.3 Å². The Morgan fingerprint density at radius 2 is 1.67 bits per heavy atom. The lowest BCUT2D eigenvalue weighted by molar-refractivity contribution is 0.328. The van der Waals surface area contributed by atoms with Gasteiger partial charge in [0, 0.05) is 19.1 Å². The fraction of sp³-hybridized carbons (Fsp3) is 0.625. The van der Waals surface area contributed by atoms with Crippen molar-refractivity contribution >= 4 is 20.0 Å². The lowest BCUT2D eigenvalue weighted by Gasteiger charge is -2.26. The van der Waals surface area contributed by atoms with Gasteiger partial charge in [-0.05, 0) is 37.0 Å². The van der Waals surface area contributed by atoms with Gasteiger partial charge in [0.05, 0.1) is 11.2 Å². The zero-order chi connectivity index (χ0) is 17.8. The molecular weight excluding hydrogens is 348 g/mol. The van der Waals surface area contributed by atoms with Gasteiger partial charge in [0.1, 0.15) is 0 Å². The van der Waals surface area contributed by atoms with Gasteiger partial charge in [-0.1, -0.05) is 31.9 Å². The van der Waals surface area contributed by atoms with Gasteiger partial charge >= 0.3 is 0 Å². The molecule has 0 aromatic heterocycles. The summed E-state index contributed by atoms with van der Waals surface area (Å²) < 4.78 is 52.5. The van der Waals surface area contributed by atoms with E-state index in [1.54, 1.807) is 24.3 Å². The highest BCUT2D eigenvalue weighted by atomic mass is 32.2. The minimum atomic E-state index is -3.62. The lowest BCUT2D eigenvalue weighted by atomic mass is 10.2. The van der Waals surface area contributed by atoms with Crippen LogP contribution in [0.3, 0.4) is 0 Å². The molecule has 1 N–H and O–H groups in total. The Labute approximate surface area is 145 Å². The number of rotatable bonds is 8. The summed E-state index contributed by atoms with van der Waals surface area (Å²) in [4.78, 5) is 0.200. The van der Waals surface area contributed by atoms with Crippen molar-refractivity contribution in [1.29, 1.82) is 0 Å². The molecule has 1 saturated carbocycles. The van der Waals surface area contributed by atoms with Gasteiger partial charge in [-0.3, -0.25) is 0 Å². The van der Waals surface area contributed by atoms with E-state index in [2.05, 4.69) is 4.72 Å². The molecule has 1 aliphatic rings. The normalized spacial score (nSPS) is 16.8. The molecule has 0 bridgehead atoms. The van der Waals surface area contributed by atoms with E-state index in [-0.39, 0.29) is 24.0 Å². The van der Waals surface area contributed by atoms with E-state index in [1.807, 2.05) is 6.92 Å². The Morgan fingerprint density at radius 3 is 2.17 bits per heavy atom. The average Bonchev–Trinajstić information content (AvgIpc) is 3.04. The van der Waals surface area contributed by atoms with Crippen LogP contribution in [0.5, 0.6) is 0 Å². The Balaban J connectivity index is 1.99. The molecule has 0 saturated heterocycles. The van der Waals surface area contributed by atoms with Crippen molar-refractivity contribution in [2.24, 2.45) is 0 Å². The second-order valence-corrected chi connectivity index (χ2v) is 9.91. The first-order valence-corrected chi connectivity index (χ1v) is 11.6. The molecule has 0 heterocycles. The van der Waals surface area contributed by atoms with Crippen molar-refractivity contribution in [1.82, 2.24) is 9.03 Å². The first kappa shape index (κ1) is 19.4. The van der Waals surface area contributed by atoms with Crippen LogP contribution in [-0.4, -0.2) is 46.5 Å². The zero-order valence-electron chi connectivity index (χ0n) is 14.2. The predicted molar refractivity (Wildman–Crippen MR) is 94.8 cm³/mol. The third kappa shape index (κ3) is 5.02. The van der Waals surface area contributed by atoms with E-state index >= 15 is 0 Å². The molecule has 1 fully saturated rings. The van der Waals surface area contributed by atoms with Gasteiger partial charge in [0.15, 0.2) is 0 Å². The van der Waals surface area contributed by atoms with Crippen molar-refractivity contribution in [3.63, 3.8) is 0 Å². The van der Waals surface area contributed by atoms with E-state index in [4.69, 9.17) is 0 Å². The number of hydrogen-bond donors (Lipinski definition) is 1. The summed E-state index contributed by atoms with van der Waals surface area (Å²) in [5.41, 5.74) is 1.07. The van der Waals surface area contributed by atoms with Gasteiger partial charge in [0.2, 0.25) is 20.0 Å². The Morgan fingerprint density at radius 1 is 1.08 bits per heavy atom. The number of hydrogen-bond acceptors (Lipinski definition) is 4. The van der Waals surface area contributed by atoms with Crippen LogP contribution in [0.4, 0.5) is 0 Å². The average molecular weight is 375 g/mol. The number of nitrogens with one attached hydrogen (secondary N) is 1. The summed E-state index contributed by atoms with van der Waals surface area (Å²) in [5, 5.41) is 0. The third-order valence-electron chi connectivity index (χ3n) is 4.42. The van der Waals surface area contributed by atoms with Crippen LogP contribution < -0.4 is 4.72 Å². The Hall–Kier alpha value is -0.960. The molecule has 136 valence electrons. The number of sulfonamides is 2. The molecule has 0 unspecified atom stereocenters. The van der Waals surface area contributed by atoms with Crippen LogP contribution in [0.2, 0.25) is 0 Å². The standard InChI is InChI=1S/C16H26N2O4S2/c1-3-14-8-10-16(11-9-14)24(21,22)17-12-13-18(23(2,19)20)15-6-4-5-7-15/h8-11,15,17H,3-7,12-13H2,1-2H3. The monoisotopic (exact) mass is 374 g/mol. The number of nitrogens with zero attached hydrogens (tertiary/aromatic N) is 1. The maximum Gasteiger partial charge on any atom is 0.240 e. The first-order valence-electron chi connectivity index (χ1n) is 8.29. The maximum atomic E-state index is 12.3. The zero-order valence-corrected chi connectivity index (χ0v) is 15.9. The highest BCUT2D eigenvalue weighted by Gasteiger charge is 2.29. The van der Waals surface area contributed by atoms with Crippen LogP contribution in [0, 0.1) is 0 Å². The predicted octanol–water partition coefficient (Wildman–Crippen LogP) is 1.73. The van der Waals surface area contributed by atoms with Gasteiger partial charge in [0.25, 0.3) is 0 Å². The molecule has 0 aliphatic heterocycles. The lowest BCUT2D eigenvalue weighted by Crippen LogP contribution is -2.43. The van der Waals surface area contributed by atoms with Crippen LogP contribution in [0.25, 0.3) is 0 Å². The molecule has 0 spiro atoms.